The molecule has 0 spiro atoms. The van der Waals surface area contributed by atoms with Gasteiger partial charge in [-0.2, -0.15) is 0 Å². The second-order valence-electron chi connectivity index (χ2n) is 6.18. The molecule has 142 valence electrons. The fourth-order valence-corrected chi connectivity index (χ4v) is 3.48. The number of hydrogen-bond acceptors (Lipinski definition) is 5. The standard InChI is InChI=1S/C19H20FN3O3S/c1-26-16-6-4-13(11-15(16)20)5-7-17(24)23-9-2-3-14(12-23)18(25)22-19-21-8-10-27-19/h4-8,10-11,14H,2-3,9,12H2,1H3,(H,21,22,25). The Kier molecular flexibility index (Phi) is 6.18. The molecule has 0 bridgehead atoms. The van der Waals surface area contributed by atoms with Crippen LogP contribution < -0.4 is 10.1 Å². The summed E-state index contributed by atoms with van der Waals surface area (Å²) < 4.78 is 18.6. The van der Waals surface area contributed by atoms with E-state index in [4.69, 9.17) is 4.74 Å². The number of ether oxygens (including phenoxy) is 1. The number of halogens is 1. The molecule has 1 fully saturated rings. The molecule has 1 N–H and O–H groups in total. The number of nitrogens with zero attached hydrogens (tertiary/aromatic N) is 2. The highest BCUT2D eigenvalue weighted by Crippen LogP contribution is 2.21. The number of amides is 2. The molecule has 1 aromatic heterocycles. The summed E-state index contributed by atoms with van der Waals surface area (Å²) in [7, 11) is 1.40. The van der Waals surface area contributed by atoms with Gasteiger partial charge in [-0.3, -0.25) is 9.59 Å². The molecule has 0 radical (unpaired) electrons. The monoisotopic (exact) mass is 389 g/mol. The van der Waals surface area contributed by atoms with Gasteiger partial charge in [-0.25, -0.2) is 9.37 Å². The molecule has 1 unspecified atom stereocenters. The molecular weight excluding hydrogens is 369 g/mol. The molecule has 3 rings (SSSR count). The number of aromatic nitrogens is 1. The van der Waals surface area contributed by atoms with Crippen LogP contribution in [0.1, 0.15) is 18.4 Å². The van der Waals surface area contributed by atoms with E-state index in [1.807, 2.05) is 0 Å². The highest BCUT2D eigenvalue weighted by atomic mass is 32.1. The topological polar surface area (TPSA) is 71.5 Å². The number of methoxy groups -OCH3 is 1. The Morgan fingerprint density at radius 3 is 3.00 bits per heavy atom. The van der Waals surface area contributed by atoms with Crippen molar-refractivity contribution in [3.8, 4) is 5.75 Å². The van der Waals surface area contributed by atoms with Crippen molar-refractivity contribution < 1.29 is 18.7 Å². The van der Waals surface area contributed by atoms with E-state index in [9.17, 15) is 14.0 Å². The van der Waals surface area contributed by atoms with Gasteiger partial charge in [0.2, 0.25) is 11.8 Å². The van der Waals surface area contributed by atoms with Gasteiger partial charge in [-0.05, 0) is 36.6 Å². The summed E-state index contributed by atoms with van der Waals surface area (Å²) in [5, 5.41) is 5.14. The van der Waals surface area contributed by atoms with E-state index in [1.54, 1.807) is 28.6 Å². The van der Waals surface area contributed by atoms with Gasteiger partial charge >= 0.3 is 0 Å². The lowest BCUT2D eigenvalue weighted by atomic mass is 9.97. The van der Waals surface area contributed by atoms with Gasteiger partial charge in [0.1, 0.15) is 0 Å². The smallest absolute Gasteiger partial charge is 0.246 e. The van der Waals surface area contributed by atoms with Gasteiger partial charge in [0.05, 0.1) is 13.0 Å². The third kappa shape index (κ3) is 4.91. The SMILES string of the molecule is COc1ccc(C=CC(=O)N2CCCC(C(=O)Nc3nccs3)C2)cc1F. The van der Waals surface area contributed by atoms with Gasteiger partial charge in [0.25, 0.3) is 0 Å². The molecule has 1 saturated heterocycles. The Bertz CT molecular complexity index is 839. The lowest BCUT2D eigenvalue weighted by Gasteiger charge is -2.31. The number of anilines is 1. The fraction of sp³-hybridized carbons (Fsp3) is 0.316. The largest absolute Gasteiger partial charge is 0.494 e. The minimum Gasteiger partial charge on any atom is -0.494 e. The van der Waals surface area contributed by atoms with Crippen molar-refractivity contribution in [2.24, 2.45) is 5.92 Å². The van der Waals surface area contributed by atoms with Crippen LogP contribution in [-0.2, 0) is 9.59 Å². The lowest BCUT2D eigenvalue weighted by molar-refractivity contribution is -0.130. The summed E-state index contributed by atoms with van der Waals surface area (Å²) in [5.41, 5.74) is 0.566. The maximum absolute atomic E-state index is 13.7. The van der Waals surface area contributed by atoms with Crippen LogP contribution in [0.3, 0.4) is 0 Å². The van der Waals surface area contributed by atoms with Crippen LogP contribution >= 0.6 is 11.3 Å². The molecule has 0 aliphatic carbocycles. The first-order valence-electron chi connectivity index (χ1n) is 8.57. The molecule has 1 aromatic carbocycles. The average molecular weight is 389 g/mol. The fourth-order valence-electron chi connectivity index (χ4n) is 2.94. The zero-order valence-electron chi connectivity index (χ0n) is 14.9. The molecule has 2 aromatic rings. The van der Waals surface area contributed by atoms with Crippen molar-refractivity contribution in [3.63, 3.8) is 0 Å². The van der Waals surface area contributed by atoms with Crippen LogP contribution in [-0.4, -0.2) is 41.9 Å². The summed E-state index contributed by atoms with van der Waals surface area (Å²) in [6.45, 7) is 0.957. The van der Waals surface area contributed by atoms with E-state index >= 15 is 0 Å². The van der Waals surface area contributed by atoms with Crippen LogP contribution in [0, 0.1) is 11.7 Å². The maximum Gasteiger partial charge on any atom is 0.246 e. The Morgan fingerprint density at radius 2 is 2.30 bits per heavy atom. The summed E-state index contributed by atoms with van der Waals surface area (Å²) in [6.07, 6.45) is 6.08. The zero-order valence-corrected chi connectivity index (χ0v) is 15.7. The third-order valence-electron chi connectivity index (χ3n) is 4.36. The van der Waals surface area contributed by atoms with Crippen molar-refractivity contribution in [1.82, 2.24) is 9.88 Å². The molecule has 27 heavy (non-hydrogen) atoms. The number of nitrogens with one attached hydrogen (secondary N) is 1. The molecule has 1 aliphatic heterocycles. The number of piperidine rings is 1. The van der Waals surface area contributed by atoms with E-state index in [2.05, 4.69) is 10.3 Å². The first-order chi connectivity index (χ1) is 13.1. The normalized spacial score (nSPS) is 17.1. The highest BCUT2D eigenvalue weighted by molar-refractivity contribution is 7.13. The molecule has 1 atom stereocenters. The summed E-state index contributed by atoms with van der Waals surface area (Å²) in [4.78, 5) is 30.5. The van der Waals surface area contributed by atoms with E-state index in [1.165, 1.54) is 36.7 Å². The van der Waals surface area contributed by atoms with Gasteiger partial charge < -0.3 is 15.0 Å². The van der Waals surface area contributed by atoms with Crippen LogP contribution in [0.25, 0.3) is 6.08 Å². The molecule has 2 heterocycles. The number of benzene rings is 1. The van der Waals surface area contributed by atoms with Crippen LogP contribution in [0.15, 0.2) is 35.9 Å². The van der Waals surface area contributed by atoms with Crippen LogP contribution in [0.2, 0.25) is 0 Å². The molecule has 6 nitrogen and oxygen atoms in total. The summed E-state index contributed by atoms with van der Waals surface area (Å²) in [5.74, 6) is -0.910. The van der Waals surface area contributed by atoms with Gasteiger partial charge in [-0.1, -0.05) is 6.07 Å². The zero-order chi connectivity index (χ0) is 19.2. The molecular formula is C19H20FN3O3S. The average Bonchev–Trinajstić information content (AvgIpc) is 3.19. The summed E-state index contributed by atoms with van der Waals surface area (Å²) in [6, 6.07) is 4.49. The second kappa shape index (κ2) is 8.77. The second-order valence-corrected chi connectivity index (χ2v) is 7.07. The van der Waals surface area contributed by atoms with E-state index < -0.39 is 5.82 Å². The van der Waals surface area contributed by atoms with Gasteiger partial charge in [0, 0.05) is 30.7 Å². The quantitative estimate of drug-likeness (QED) is 0.798. The Hall–Kier alpha value is -2.74. The first-order valence-corrected chi connectivity index (χ1v) is 9.45. The minimum absolute atomic E-state index is 0.122. The minimum atomic E-state index is -0.482. The Morgan fingerprint density at radius 1 is 1.44 bits per heavy atom. The first kappa shape index (κ1) is 19.0. The molecule has 2 amide bonds. The molecule has 8 heteroatoms. The van der Waals surface area contributed by atoms with E-state index in [-0.39, 0.29) is 23.5 Å². The number of carbonyl (C=O) groups is 2. The molecule has 0 saturated carbocycles. The van der Waals surface area contributed by atoms with E-state index in [0.717, 1.165) is 12.8 Å². The predicted molar refractivity (Wildman–Crippen MR) is 102 cm³/mol. The summed E-state index contributed by atoms with van der Waals surface area (Å²) >= 11 is 1.36. The van der Waals surface area contributed by atoms with Crippen molar-refractivity contribution in [2.75, 3.05) is 25.5 Å². The number of hydrogen-bond donors (Lipinski definition) is 1. The predicted octanol–water partition coefficient (Wildman–Crippen LogP) is 3.18. The molecule has 1 aliphatic rings. The number of thiazole rings is 1. The number of rotatable bonds is 5. The Balaban J connectivity index is 1.59. The maximum atomic E-state index is 13.7. The van der Waals surface area contributed by atoms with Crippen molar-refractivity contribution in [2.45, 2.75) is 12.8 Å². The van der Waals surface area contributed by atoms with Gasteiger partial charge in [-0.15, -0.1) is 11.3 Å². The highest BCUT2D eigenvalue weighted by Gasteiger charge is 2.28. The van der Waals surface area contributed by atoms with Crippen LogP contribution in [0.4, 0.5) is 9.52 Å². The van der Waals surface area contributed by atoms with E-state index in [0.29, 0.717) is 23.8 Å². The number of likely N-dealkylation sites (tertiary alicyclic amines) is 1. The Labute approximate surface area is 160 Å². The third-order valence-corrected chi connectivity index (χ3v) is 5.05. The van der Waals surface area contributed by atoms with Crippen LogP contribution in [0.5, 0.6) is 5.75 Å². The number of carbonyl (C=O) groups excluding carboxylic acids is 2. The lowest BCUT2D eigenvalue weighted by Crippen LogP contribution is -2.43. The van der Waals surface area contributed by atoms with Crippen molar-refractivity contribution in [3.05, 3.63) is 47.2 Å². The van der Waals surface area contributed by atoms with Crippen molar-refractivity contribution >= 4 is 34.4 Å². The van der Waals surface area contributed by atoms with Crippen molar-refractivity contribution in [1.29, 1.82) is 0 Å². The van der Waals surface area contributed by atoms with Gasteiger partial charge in [0.15, 0.2) is 16.7 Å².